The van der Waals surface area contributed by atoms with Crippen molar-refractivity contribution >= 4 is 17.7 Å². The topological polar surface area (TPSA) is 94.4 Å². The molecule has 2 aromatic rings. The fourth-order valence-corrected chi connectivity index (χ4v) is 1.94. The summed E-state index contributed by atoms with van der Waals surface area (Å²) in [6, 6.07) is 19.1. The van der Waals surface area contributed by atoms with Gasteiger partial charge in [0.2, 0.25) is 0 Å². The van der Waals surface area contributed by atoms with Gasteiger partial charge in [-0.15, -0.1) is 0 Å². The first-order valence-electron chi connectivity index (χ1n) is 9.55. The molecule has 7 heteroatoms. The van der Waals surface area contributed by atoms with Crippen molar-refractivity contribution in [2.24, 2.45) is 5.16 Å². The standard InChI is InChI=1S/C13H17NO3.C10H12O3/c1-10(2)14-17-13(15)11(3)16-9-12-7-5-4-6-8-12;1-8(10(11)12)13-7-9-5-3-2-4-6-9/h4-8,11H,9H2,1-3H3;2-6,8H,7H2,1H3,(H,11,12). The first-order chi connectivity index (χ1) is 14.3. The van der Waals surface area contributed by atoms with Gasteiger partial charge in [0.25, 0.3) is 0 Å². The Morgan fingerprint density at radius 2 is 1.27 bits per heavy atom. The Morgan fingerprint density at radius 1 is 0.833 bits per heavy atom. The smallest absolute Gasteiger partial charge is 0.363 e. The number of aliphatic carboxylic acids is 1. The summed E-state index contributed by atoms with van der Waals surface area (Å²) in [4.78, 5) is 26.5. The average Bonchev–Trinajstić information content (AvgIpc) is 2.75. The van der Waals surface area contributed by atoms with Gasteiger partial charge in [-0.3, -0.25) is 0 Å². The second-order valence-electron chi connectivity index (χ2n) is 6.66. The molecule has 0 aliphatic heterocycles. The van der Waals surface area contributed by atoms with Gasteiger partial charge in [-0.25, -0.2) is 9.59 Å². The maximum atomic E-state index is 11.4. The van der Waals surface area contributed by atoms with Crippen molar-refractivity contribution in [3.63, 3.8) is 0 Å². The molecule has 1 N–H and O–H groups in total. The Bertz CT molecular complexity index is 788. The van der Waals surface area contributed by atoms with Crippen molar-refractivity contribution in [3.05, 3.63) is 71.8 Å². The summed E-state index contributed by atoms with van der Waals surface area (Å²) in [5, 5.41) is 12.1. The quantitative estimate of drug-likeness (QED) is 0.375. The molecule has 162 valence electrons. The van der Waals surface area contributed by atoms with E-state index in [1.54, 1.807) is 20.8 Å². The number of hydrogen-bond acceptors (Lipinski definition) is 6. The first kappa shape index (κ1) is 25.0. The molecule has 0 aliphatic carbocycles. The number of carbonyl (C=O) groups is 2. The molecule has 0 saturated heterocycles. The molecule has 7 nitrogen and oxygen atoms in total. The largest absolute Gasteiger partial charge is 0.479 e. The molecule has 0 radical (unpaired) electrons. The molecule has 2 unspecified atom stereocenters. The summed E-state index contributed by atoms with van der Waals surface area (Å²) in [6.07, 6.45) is -1.38. The number of carbonyl (C=O) groups excluding carboxylic acids is 1. The van der Waals surface area contributed by atoms with Crippen molar-refractivity contribution in [2.75, 3.05) is 0 Å². The Labute approximate surface area is 177 Å². The highest BCUT2D eigenvalue weighted by atomic mass is 16.7. The van der Waals surface area contributed by atoms with E-state index in [2.05, 4.69) is 9.99 Å². The van der Waals surface area contributed by atoms with Crippen molar-refractivity contribution in [2.45, 2.75) is 53.1 Å². The van der Waals surface area contributed by atoms with Gasteiger partial charge >= 0.3 is 11.9 Å². The highest BCUT2D eigenvalue weighted by Gasteiger charge is 2.15. The van der Waals surface area contributed by atoms with Gasteiger partial charge in [-0.2, -0.15) is 0 Å². The number of hydrogen-bond donors (Lipinski definition) is 1. The van der Waals surface area contributed by atoms with Crippen LogP contribution in [0.15, 0.2) is 65.8 Å². The predicted molar refractivity (Wildman–Crippen MR) is 114 cm³/mol. The lowest BCUT2D eigenvalue weighted by molar-refractivity contribution is -0.156. The molecule has 2 aromatic carbocycles. The van der Waals surface area contributed by atoms with Crippen LogP contribution >= 0.6 is 0 Å². The third kappa shape index (κ3) is 11.1. The zero-order valence-electron chi connectivity index (χ0n) is 17.8. The minimum Gasteiger partial charge on any atom is -0.479 e. The van der Waals surface area contributed by atoms with Crippen LogP contribution in [-0.2, 0) is 37.1 Å². The van der Waals surface area contributed by atoms with Crippen LogP contribution in [0.5, 0.6) is 0 Å². The third-order valence-electron chi connectivity index (χ3n) is 3.68. The van der Waals surface area contributed by atoms with E-state index in [0.717, 1.165) is 11.1 Å². The molecular formula is C23H29NO6. The van der Waals surface area contributed by atoms with Crippen LogP contribution in [0.25, 0.3) is 0 Å². The lowest BCUT2D eigenvalue weighted by atomic mass is 10.2. The zero-order chi connectivity index (χ0) is 22.4. The second kappa shape index (κ2) is 14.0. The molecule has 0 saturated carbocycles. The first-order valence-corrected chi connectivity index (χ1v) is 9.55. The van der Waals surface area contributed by atoms with Gasteiger partial charge in [0.15, 0.2) is 12.2 Å². The molecule has 0 heterocycles. The van der Waals surface area contributed by atoms with Gasteiger partial charge in [-0.05, 0) is 38.8 Å². The van der Waals surface area contributed by atoms with Crippen LogP contribution in [0, 0.1) is 0 Å². The van der Waals surface area contributed by atoms with Crippen molar-refractivity contribution in [3.8, 4) is 0 Å². The zero-order valence-corrected chi connectivity index (χ0v) is 17.8. The highest BCUT2D eigenvalue weighted by molar-refractivity contribution is 5.80. The van der Waals surface area contributed by atoms with Gasteiger partial charge in [0, 0.05) is 0 Å². The number of rotatable bonds is 9. The lowest BCUT2D eigenvalue weighted by Crippen LogP contribution is -2.21. The van der Waals surface area contributed by atoms with Crippen molar-refractivity contribution in [1.82, 2.24) is 0 Å². The van der Waals surface area contributed by atoms with E-state index in [1.165, 1.54) is 6.92 Å². The second-order valence-corrected chi connectivity index (χ2v) is 6.66. The van der Waals surface area contributed by atoms with Gasteiger partial charge < -0.3 is 19.4 Å². The number of carboxylic acid groups (broad SMARTS) is 1. The average molecular weight is 415 g/mol. The molecule has 30 heavy (non-hydrogen) atoms. The molecule has 2 rings (SSSR count). The Morgan fingerprint density at radius 3 is 1.67 bits per heavy atom. The number of benzene rings is 2. The third-order valence-corrected chi connectivity index (χ3v) is 3.68. The predicted octanol–water partition coefficient (Wildman–Crippen LogP) is 4.21. The Kier molecular flexibility index (Phi) is 11.7. The van der Waals surface area contributed by atoms with E-state index in [9.17, 15) is 9.59 Å². The molecular weight excluding hydrogens is 386 g/mol. The molecule has 0 spiro atoms. The summed E-state index contributed by atoms with van der Waals surface area (Å²) < 4.78 is 10.5. The van der Waals surface area contributed by atoms with Gasteiger partial charge in [-0.1, -0.05) is 65.8 Å². The molecule has 0 bridgehead atoms. The van der Waals surface area contributed by atoms with Crippen LogP contribution in [0.4, 0.5) is 0 Å². The SMILES string of the molecule is CC(C)=NOC(=O)C(C)OCc1ccccc1.CC(OCc1ccccc1)C(=O)O. The van der Waals surface area contributed by atoms with E-state index in [4.69, 9.17) is 14.6 Å². The Balaban J connectivity index is 0.000000311. The van der Waals surface area contributed by atoms with E-state index in [-0.39, 0.29) is 0 Å². The van der Waals surface area contributed by atoms with Crippen LogP contribution in [0.2, 0.25) is 0 Å². The number of nitrogens with zero attached hydrogens (tertiary/aromatic N) is 1. The Hall–Kier alpha value is -3.03. The van der Waals surface area contributed by atoms with E-state index < -0.39 is 24.1 Å². The molecule has 2 atom stereocenters. The minimum atomic E-state index is -0.934. The molecule has 0 aromatic heterocycles. The summed E-state index contributed by atoms with van der Waals surface area (Å²) >= 11 is 0. The summed E-state index contributed by atoms with van der Waals surface area (Å²) in [7, 11) is 0. The van der Waals surface area contributed by atoms with E-state index in [1.807, 2.05) is 60.7 Å². The fraction of sp³-hybridized carbons (Fsp3) is 0.348. The maximum Gasteiger partial charge on any atom is 0.363 e. The summed E-state index contributed by atoms with van der Waals surface area (Å²) in [5.41, 5.74) is 2.69. The monoisotopic (exact) mass is 415 g/mol. The summed E-state index contributed by atoms with van der Waals surface area (Å²) in [5.74, 6) is -1.42. The van der Waals surface area contributed by atoms with Crippen LogP contribution in [-0.4, -0.2) is 35.0 Å². The maximum absolute atomic E-state index is 11.4. The van der Waals surface area contributed by atoms with E-state index >= 15 is 0 Å². The van der Waals surface area contributed by atoms with Gasteiger partial charge in [0.05, 0.1) is 18.9 Å². The number of oxime groups is 1. The lowest BCUT2D eigenvalue weighted by Gasteiger charge is -2.09. The molecule has 0 fully saturated rings. The van der Waals surface area contributed by atoms with Crippen molar-refractivity contribution in [1.29, 1.82) is 0 Å². The van der Waals surface area contributed by atoms with Crippen molar-refractivity contribution < 1.29 is 29.0 Å². The van der Waals surface area contributed by atoms with Gasteiger partial charge in [0.1, 0.15) is 0 Å². The number of carboxylic acids is 1. The van der Waals surface area contributed by atoms with Crippen LogP contribution in [0.3, 0.4) is 0 Å². The minimum absolute atomic E-state index is 0.342. The highest BCUT2D eigenvalue weighted by Crippen LogP contribution is 2.05. The molecule has 0 aliphatic rings. The van der Waals surface area contributed by atoms with Crippen LogP contribution < -0.4 is 0 Å². The number of ether oxygens (including phenoxy) is 2. The fourth-order valence-electron chi connectivity index (χ4n) is 1.94. The van der Waals surface area contributed by atoms with Crippen LogP contribution in [0.1, 0.15) is 38.8 Å². The van der Waals surface area contributed by atoms with E-state index in [0.29, 0.717) is 18.9 Å². The molecule has 0 amide bonds. The normalized spacial score (nSPS) is 12.0. The summed E-state index contributed by atoms with van der Waals surface area (Å²) in [6.45, 7) is 7.39.